The zero-order valence-corrected chi connectivity index (χ0v) is 5.04. The summed E-state index contributed by atoms with van der Waals surface area (Å²) in [6.07, 6.45) is 10.4. The van der Waals surface area contributed by atoms with E-state index in [1.807, 2.05) is 24.3 Å². The van der Waals surface area contributed by atoms with Crippen molar-refractivity contribution in [3.63, 3.8) is 0 Å². The Balaban J connectivity index is 2.50. The first-order valence-corrected chi connectivity index (χ1v) is 2.85. The molecule has 1 nitrogen and oxygen atoms in total. The highest BCUT2D eigenvalue weighted by Crippen LogP contribution is 2.10. The molecule has 0 saturated heterocycles. The maximum Gasteiger partial charge on any atom is 0.0912 e. The second-order valence-corrected chi connectivity index (χ2v) is 1.84. The number of rotatable bonds is 1. The molecular formula is C8H7N. The van der Waals surface area contributed by atoms with Gasteiger partial charge < -0.3 is 0 Å². The maximum absolute atomic E-state index is 8.14. The second-order valence-electron chi connectivity index (χ2n) is 1.84. The van der Waals surface area contributed by atoms with Crippen LogP contribution in [0.25, 0.3) is 0 Å². The normalized spacial score (nSPS) is 16.1. The Bertz CT molecular complexity index is 213. The van der Waals surface area contributed by atoms with Gasteiger partial charge in [0.05, 0.1) is 6.07 Å². The lowest BCUT2D eigenvalue weighted by atomic mass is 10.2. The van der Waals surface area contributed by atoms with Crippen molar-refractivity contribution in [2.45, 2.75) is 6.42 Å². The summed E-state index contributed by atoms with van der Waals surface area (Å²) < 4.78 is 0. The van der Waals surface area contributed by atoms with Crippen LogP contribution in [-0.2, 0) is 0 Å². The Kier molecular flexibility index (Phi) is 1.87. The minimum absolute atomic E-state index is 0.970. The monoisotopic (exact) mass is 117 g/mol. The molecular weight excluding hydrogens is 110 g/mol. The lowest BCUT2D eigenvalue weighted by molar-refractivity contribution is 1.33. The van der Waals surface area contributed by atoms with Gasteiger partial charge in [-0.3, -0.25) is 0 Å². The molecule has 0 bridgehead atoms. The van der Waals surface area contributed by atoms with Crippen LogP contribution in [0.5, 0.6) is 0 Å². The first-order valence-electron chi connectivity index (χ1n) is 2.85. The first-order chi connectivity index (χ1) is 4.43. The summed E-state index contributed by atoms with van der Waals surface area (Å²) in [5, 5.41) is 8.14. The standard InChI is InChI=1S/C8H7N/c9-7-3-6-8-4-1-2-5-8/h1-4,6H,5H2. The predicted octanol–water partition coefficient (Wildman–Crippen LogP) is 1.95. The highest BCUT2D eigenvalue weighted by atomic mass is 14.2. The van der Waals surface area contributed by atoms with E-state index >= 15 is 0 Å². The van der Waals surface area contributed by atoms with E-state index in [0.29, 0.717) is 0 Å². The van der Waals surface area contributed by atoms with E-state index in [1.54, 1.807) is 0 Å². The zero-order chi connectivity index (χ0) is 6.53. The SMILES string of the molecule is N#CC=CC1=CC=CC1. The van der Waals surface area contributed by atoms with E-state index in [0.717, 1.165) is 6.42 Å². The van der Waals surface area contributed by atoms with Crippen molar-refractivity contribution >= 4 is 0 Å². The third-order valence-corrected chi connectivity index (χ3v) is 1.17. The third kappa shape index (κ3) is 1.58. The van der Waals surface area contributed by atoms with Crippen LogP contribution < -0.4 is 0 Å². The highest BCUT2D eigenvalue weighted by molar-refractivity contribution is 5.33. The van der Waals surface area contributed by atoms with Crippen molar-refractivity contribution in [3.05, 3.63) is 36.0 Å². The maximum atomic E-state index is 8.14. The highest BCUT2D eigenvalue weighted by Gasteiger charge is 1.91. The number of hydrogen-bond donors (Lipinski definition) is 0. The largest absolute Gasteiger partial charge is 0.193 e. The Morgan fingerprint density at radius 2 is 2.56 bits per heavy atom. The molecule has 0 spiro atoms. The molecule has 1 rings (SSSR count). The van der Waals surface area contributed by atoms with Crippen LogP contribution in [0.1, 0.15) is 6.42 Å². The minimum atomic E-state index is 0.970. The van der Waals surface area contributed by atoms with Gasteiger partial charge in [0.2, 0.25) is 0 Å². The van der Waals surface area contributed by atoms with Gasteiger partial charge in [0.1, 0.15) is 0 Å². The molecule has 0 radical (unpaired) electrons. The minimum Gasteiger partial charge on any atom is -0.193 e. The smallest absolute Gasteiger partial charge is 0.0912 e. The first kappa shape index (κ1) is 5.84. The van der Waals surface area contributed by atoms with Gasteiger partial charge in [-0.15, -0.1) is 0 Å². The molecule has 1 aliphatic rings. The van der Waals surface area contributed by atoms with Gasteiger partial charge in [0.25, 0.3) is 0 Å². The van der Waals surface area contributed by atoms with Gasteiger partial charge >= 0.3 is 0 Å². The van der Waals surface area contributed by atoms with Gasteiger partial charge in [-0.05, 0) is 18.1 Å². The lowest BCUT2D eigenvalue weighted by Gasteiger charge is -1.84. The Labute approximate surface area is 54.6 Å². The molecule has 0 aromatic carbocycles. The molecule has 0 aromatic heterocycles. The van der Waals surface area contributed by atoms with Crippen molar-refractivity contribution in [3.8, 4) is 6.07 Å². The number of allylic oxidation sites excluding steroid dienone is 6. The molecule has 0 atom stereocenters. The van der Waals surface area contributed by atoms with Crippen LogP contribution in [0, 0.1) is 11.3 Å². The summed E-state index contributed by atoms with van der Waals surface area (Å²) in [6.45, 7) is 0. The molecule has 0 amide bonds. The summed E-state index contributed by atoms with van der Waals surface area (Å²) >= 11 is 0. The van der Waals surface area contributed by atoms with Gasteiger partial charge in [0, 0.05) is 6.08 Å². The molecule has 0 aromatic rings. The van der Waals surface area contributed by atoms with Crippen LogP contribution >= 0.6 is 0 Å². The average Bonchev–Trinajstić information content (AvgIpc) is 2.34. The molecule has 0 aliphatic heterocycles. The quantitative estimate of drug-likeness (QED) is 0.481. The fraction of sp³-hybridized carbons (Fsp3) is 0.125. The third-order valence-electron chi connectivity index (χ3n) is 1.17. The van der Waals surface area contributed by atoms with Crippen LogP contribution in [-0.4, -0.2) is 0 Å². The summed E-state index contributed by atoms with van der Waals surface area (Å²) in [5.41, 5.74) is 1.21. The number of nitrogens with zero attached hydrogens (tertiary/aromatic N) is 1. The van der Waals surface area contributed by atoms with Crippen LogP contribution in [0.2, 0.25) is 0 Å². The molecule has 1 heteroatoms. The molecule has 0 saturated carbocycles. The average molecular weight is 117 g/mol. The van der Waals surface area contributed by atoms with Gasteiger partial charge in [-0.2, -0.15) is 5.26 Å². The van der Waals surface area contributed by atoms with Crippen molar-refractivity contribution in [2.75, 3.05) is 0 Å². The van der Waals surface area contributed by atoms with E-state index in [1.165, 1.54) is 11.6 Å². The molecule has 0 unspecified atom stereocenters. The molecule has 0 fully saturated rings. The van der Waals surface area contributed by atoms with E-state index < -0.39 is 0 Å². The Morgan fingerprint density at radius 3 is 3.11 bits per heavy atom. The molecule has 0 heterocycles. The summed E-state index contributed by atoms with van der Waals surface area (Å²) in [7, 11) is 0. The van der Waals surface area contributed by atoms with Crippen LogP contribution in [0.3, 0.4) is 0 Å². The summed E-state index contributed by atoms with van der Waals surface area (Å²) in [5.74, 6) is 0. The lowest BCUT2D eigenvalue weighted by Crippen LogP contribution is -1.66. The van der Waals surface area contributed by atoms with E-state index in [9.17, 15) is 0 Å². The molecule has 44 valence electrons. The molecule has 1 aliphatic carbocycles. The predicted molar refractivity (Wildman–Crippen MR) is 36.6 cm³/mol. The van der Waals surface area contributed by atoms with E-state index in [-0.39, 0.29) is 0 Å². The Morgan fingerprint density at radius 1 is 1.67 bits per heavy atom. The van der Waals surface area contributed by atoms with E-state index in [4.69, 9.17) is 5.26 Å². The topological polar surface area (TPSA) is 23.8 Å². The second kappa shape index (κ2) is 2.88. The van der Waals surface area contributed by atoms with Crippen LogP contribution in [0.4, 0.5) is 0 Å². The van der Waals surface area contributed by atoms with Crippen molar-refractivity contribution in [1.29, 1.82) is 5.26 Å². The molecule has 9 heavy (non-hydrogen) atoms. The summed E-state index contributed by atoms with van der Waals surface area (Å²) in [4.78, 5) is 0. The van der Waals surface area contributed by atoms with Crippen molar-refractivity contribution in [1.82, 2.24) is 0 Å². The molecule has 0 N–H and O–H groups in total. The van der Waals surface area contributed by atoms with Gasteiger partial charge in [0.15, 0.2) is 0 Å². The van der Waals surface area contributed by atoms with E-state index in [2.05, 4.69) is 6.08 Å². The zero-order valence-electron chi connectivity index (χ0n) is 5.04. The van der Waals surface area contributed by atoms with Crippen molar-refractivity contribution in [2.24, 2.45) is 0 Å². The fourth-order valence-corrected chi connectivity index (χ4v) is 0.732. The van der Waals surface area contributed by atoms with Gasteiger partial charge in [-0.25, -0.2) is 0 Å². The van der Waals surface area contributed by atoms with Crippen LogP contribution in [0.15, 0.2) is 36.0 Å². The summed E-state index contributed by atoms with van der Waals surface area (Å²) in [6, 6.07) is 1.95. The number of hydrogen-bond acceptors (Lipinski definition) is 1. The Hall–Kier alpha value is -1.29. The number of nitriles is 1. The van der Waals surface area contributed by atoms with Gasteiger partial charge in [-0.1, -0.05) is 18.2 Å². The fourth-order valence-electron chi connectivity index (χ4n) is 0.732. The van der Waals surface area contributed by atoms with Crippen molar-refractivity contribution < 1.29 is 0 Å².